The number of hydrogen-bond acceptors (Lipinski definition) is 2. The van der Waals surface area contributed by atoms with Crippen molar-refractivity contribution in [3.05, 3.63) is 65.5 Å². The zero-order chi connectivity index (χ0) is 19.2. The second kappa shape index (κ2) is 8.80. The first-order chi connectivity index (χ1) is 13.0. The van der Waals surface area contributed by atoms with Crippen molar-refractivity contribution in [1.82, 2.24) is 5.32 Å². The van der Waals surface area contributed by atoms with E-state index in [1.165, 1.54) is 37.1 Å². The van der Waals surface area contributed by atoms with Crippen molar-refractivity contribution < 1.29 is 14.0 Å². The van der Waals surface area contributed by atoms with E-state index in [-0.39, 0.29) is 23.7 Å². The molecule has 4 nitrogen and oxygen atoms in total. The standard InChI is InChI=1S/C22H25FN2O2/c1-15(24-21(26)14-16-4-2-3-5-16)17-8-12-20(13-9-17)25-22(27)18-6-10-19(23)11-7-18/h6-13,15-16H,2-5,14H2,1H3,(H,24,26)(H,25,27). The number of anilines is 1. The van der Waals surface area contributed by atoms with Gasteiger partial charge in [-0.15, -0.1) is 0 Å². The minimum Gasteiger partial charge on any atom is -0.350 e. The van der Waals surface area contributed by atoms with Gasteiger partial charge in [0, 0.05) is 17.7 Å². The molecule has 0 heterocycles. The SMILES string of the molecule is CC(NC(=O)CC1CCCC1)c1ccc(NC(=O)c2ccc(F)cc2)cc1. The van der Waals surface area contributed by atoms with E-state index in [2.05, 4.69) is 10.6 Å². The molecule has 27 heavy (non-hydrogen) atoms. The fourth-order valence-electron chi connectivity index (χ4n) is 3.52. The van der Waals surface area contributed by atoms with Gasteiger partial charge in [-0.1, -0.05) is 25.0 Å². The molecule has 0 radical (unpaired) electrons. The van der Waals surface area contributed by atoms with E-state index >= 15 is 0 Å². The van der Waals surface area contributed by atoms with E-state index in [4.69, 9.17) is 0 Å². The van der Waals surface area contributed by atoms with Crippen LogP contribution in [0.1, 0.15) is 61.0 Å². The van der Waals surface area contributed by atoms with Crippen molar-refractivity contribution in [2.75, 3.05) is 5.32 Å². The van der Waals surface area contributed by atoms with Crippen LogP contribution in [0.2, 0.25) is 0 Å². The van der Waals surface area contributed by atoms with E-state index < -0.39 is 0 Å². The molecular formula is C22H25FN2O2. The van der Waals surface area contributed by atoms with Gasteiger partial charge in [-0.3, -0.25) is 9.59 Å². The van der Waals surface area contributed by atoms with Gasteiger partial charge >= 0.3 is 0 Å². The first-order valence-corrected chi connectivity index (χ1v) is 9.47. The largest absolute Gasteiger partial charge is 0.350 e. The number of rotatable bonds is 6. The second-order valence-electron chi connectivity index (χ2n) is 7.23. The van der Waals surface area contributed by atoms with E-state index in [1.807, 2.05) is 19.1 Å². The number of nitrogens with one attached hydrogen (secondary N) is 2. The maximum absolute atomic E-state index is 12.9. The van der Waals surface area contributed by atoms with E-state index in [0.717, 1.165) is 18.4 Å². The van der Waals surface area contributed by atoms with Crippen LogP contribution in [-0.4, -0.2) is 11.8 Å². The normalized spacial score (nSPS) is 15.3. The van der Waals surface area contributed by atoms with Gasteiger partial charge in [0.15, 0.2) is 0 Å². The fourth-order valence-corrected chi connectivity index (χ4v) is 3.52. The molecule has 0 spiro atoms. The molecule has 5 heteroatoms. The van der Waals surface area contributed by atoms with Gasteiger partial charge in [0.05, 0.1) is 6.04 Å². The van der Waals surface area contributed by atoms with Crippen LogP contribution in [0.5, 0.6) is 0 Å². The van der Waals surface area contributed by atoms with Crippen molar-refractivity contribution in [2.45, 2.75) is 45.1 Å². The van der Waals surface area contributed by atoms with Gasteiger partial charge in [0.1, 0.15) is 5.82 Å². The Kier molecular flexibility index (Phi) is 6.22. The predicted molar refractivity (Wildman–Crippen MR) is 104 cm³/mol. The first-order valence-electron chi connectivity index (χ1n) is 9.47. The lowest BCUT2D eigenvalue weighted by molar-refractivity contribution is -0.122. The van der Waals surface area contributed by atoms with E-state index in [1.54, 1.807) is 12.1 Å². The first kappa shape index (κ1) is 19.1. The molecule has 0 saturated heterocycles. The minimum absolute atomic E-state index is 0.0826. The average Bonchev–Trinajstić information content (AvgIpc) is 3.15. The Morgan fingerprint density at radius 2 is 1.67 bits per heavy atom. The van der Waals surface area contributed by atoms with Crippen molar-refractivity contribution in [1.29, 1.82) is 0 Å². The molecule has 2 aromatic carbocycles. The third-order valence-corrected chi connectivity index (χ3v) is 5.10. The third-order valence-electron chi connectivity index (χ3n) is 5.10. The van der Waals surface area contributed by atoms with E-state index in [9.17, 15) is 14.0 Å². The maximum atomic E-state index is 12.9. The van der Waals surface area contributed by atoms with Crippen LogP contribution in [0, 0.1) is 11.7 Å². The molecule has 1 aliphatic carbocycles. The van der Waals surface area contributed by atoms with Gasteiger partial charge in [-0.25, -0.2) is 4.39 Å². The number of amides is 2. The summed E-state index contributed by atoms with van der Waals surface area (Å²) < 4.78 is 12.9. The molecule has 1 unspecified atom stereocenters. The highest BCUT2D eigenvalue weighted by molar-refractivity contribution is 6.04. The van der Waals surface area contributed by atoms with Crippen molar-refractivity contribution in [2.24, 2.45) is 5.92 Å². The molecular weight excluding hydrogens is 343 g/mol. The Labute approximate surface area is 159 Å². The lowest BCUT2D eigenvalue weighted by Crippen LogP contribution is -2.28. The lowest BCUT2D eigenvalue weighted by atomic mass is 10.0. The van der Waals surface area contributed by atoms with E-state index in [0.29, 0.717) is 23.6 Å². The van der Waals surface area contributed by atoms with Gasteiger partial charge in [-0.05, 0) is 67.6 Å². The number of halogens is 1. The second-order valence-corrected chi connectivity index (χ2v) is 7.23. The predicted octanol–water partition coefficient (Wildman–Crippen LogP) is 4.84. The molecule has 0 bridgehead atoms. The van der Waals surface area contributed by atoms with Gasteiger partial charge in [0.2, 0.25) is 5.91 Å². The summed E-state index contributed by atoms with van der Waals surface area (Å²) in [5, 5.41) is 5.84. The van der Waals surface area contributed by atoms with Crippen molar-refractivity contribution in [3.8, 4) is 0 Å². The molecule has 1 aliphatic rings. The van der Waals surface area contributed by atoms with Crippen LogP contribution in [0.4, 0.5) is 10.1 Å². The number of carbonyl (C=O) groups is 2. The highest BCUT2D eigenvalue weighted by Gasteiger charge is 2.19. The summed E-state index contributed by atoms with van der Waals surface area (Å²) >= 11 is 0. The van der Waals surface area contributed by atoms with Crippen LogP contribution in [-0.2, 0) is 4.79 Å². The summed E-state index contributed by atoms with van der Waals surface area (Å²) in [5.74, 6) is -0.0372. The molecule has 2 aromatic rings. The average molecular weight is 368 g/mol. The molecule has 142 valence electrons. The van der Waals surface area contributed by atoms with Crippen molar-refractivity contribution >= 4 is 17.5 Å². The number of carbonyl (C=O) groups excluding carboxylic acids is 2. The molecule has 3 rings (SSSR count). The quantitative estimate of drug-likeness (QED) is 0.767. The van der Waals surface area contributed by atoms with Crippen LogP contribution in [0.25, 0.3) is 0 Å². The maximum Gasteiger partial charge on any atom is 0.255 e. The molecule has 1 saturated carbocycles. The molecule has 1 fully saturated rings. The molecule has 1 atom stereocenters. The Hall–Kier alpha value is -2.69. The van der Waals surface area contributed by atoms with Gasteiger partial charge in [0.25, 0.3) is 5.91 Å². The minimum atomic E-state index is -0.375. The molecule has 0 aromatic heterocycles. The highest BCUT2D eigenvalue weighted by atomic mass is 19.1. The van der Waals surface area contributed by atoms with Crippen LogP contribution < -0.4 is 10.6 Å². The van der Waals surface area contributed by atoms with Crippen LogP contribution in [0.3, 0.4) is 0 Å². The molecule has 2 amide bonds. The Morgan fingerprint density at radius 3 is 2.30 bits per heavy atom. The summed E-state index contributed by atoms with van der Waals surface area (Å²) in [7, 11) is 0. The topological polar surface area (TPSA) is 58.2 Å². The Bertz CT molecular complexity index is 781. The third kappa shape index (κ3) is 5.39. The molecule has 2 N–H and O–H groups in total. The fraction of sp³-hybridized carbons (Fsp3) is 0.364. The highest BCUT2D eigenvalue weighted by Crippen LogP contribution is 2.27. The number of benzene rings is 2. The number of hydrogen-bond donors (Lipinski definition) is 2. The zero-order valence-electron chi connectivity index (χ0n) is 15.5. The van der Waals surface area contributed by atoms with Crippen LogP contribution in [0.15, 0.2) is 48.5 Å². The summed E-state index contributed by atoms with van der Waals surface area (Å²) in [5.41, 5.74) is 2.03. The van der Waals surface area contributed by atoms with Gasteiger partial charge < -0.3 is 10.6 Å². The smallest absolute Gasteiger partial charge is 0.255 e. The summed E-state index contributed by atoms with van der Waals surface area (Å²) in [6, 6.07) is 12.7. The Morgan fingerprint density at radius 1 is 1.04 bits per heavy atom. The monoisotopic (exact) mass is 368 g/mol. The van der Waals surface area contributed by atoms with Crippen LogP contribution >= 0.6 is 0 Å². The van der Waals surface area contributed by atoms with Crippen molar-refractivity contribution in [3.63, 3.8) is 0 Å². The Balaban J connectivity index is 1.53. The summed E-state index contributed by atoms with van der Waals surface area (Å²) in [6.07, 6.45) is 5.39. The van der Waals surface area contributed by atoms with Gasteiger partial charge in [-0.2, -0.15) is 0 Å². The lowest BCUT2D eigenvalue weighted by Gasteiger charge is -2.16. The molecule has 0 aliphatic heterocycles. The summed E-state index contributed by atoms with van der Waals surface area (Å²) in [6.45, 7) is 1.96. The summed E-state index contributed by atoms with van der Waals surface area (Å²) in [4.78, 5) is 24.3. The zero-order valence-corrected chi connectivity index (χ0v) is 15.5.